The molecule has 5 heteroatoms. The molecule has 1 rings (SSSR count). The van der Waals surface area contributed by atoms with E-state index in [4.69, 9.17) is 21.7 Å². The zero-order chi connectivity index (χ0) is 15.5. The molecule has 2 N–H and O–H groups in total. The maximum absolute atomic E-state index is 5.62. The van der Waals surface area contributed by atoms with Gasteiger partial charge in [0.15, 0.2) is 16.6 Å². The number of unbranched alkanes of at least 4 members (excludes halogenated alkanes) is 1. The fourth-order valence-corrected chi connectivity index (χ4v) is 2.00. The summed E-state index contributed by atoms with van der Waals surface area (Å²) < 4.78 is 11.2. The van der Waals surface area contributed by atoms with Crippen LogP contribution in [0, 0.1) is 0 Å². The molecule has 0 atom stereocenters. The van der Waals surface area contributed by atoms with Crippen LogP contribution >= 0.6 is 12.2 Å². The Kier molecular flexibility index (Phi) is 8.59. The van der Waals surface area contributed by atoms with E-state index in [1.54, 1.807) is 0 Å². The quantitative estimate of drug-likeness (QED) is 0.541. The highest BCUT2D eigenvalue weighted by atomic mass is 32.1. The summed E-state index contributed by atoms with van der Waals surface area (Å²) in [5.41, 5.74) is 1.11. The van der Waals surface area contributed by atoms with Gasteiger partial charge in [-0.05, 0) is 50.2 Å². The van der Waals surface area contributed by atoms with E-state index < -0.39 is 0 Å². The predicted octanol–water partition coefficient (Wildman–Crippen LogP) is 3.25. The van der Waals surface area contributed by atoms with Gasteiger partial charge in [0, 0.05) is 13.1 Å². The molecule has 0 heterocycles. The largest absolute Gasteiger partial charge is 0.490 e. The third-order valence-corrected chi connectivity index (χ3v) is 3.17. The predicted molar refractivity (Wildman–Crippen MR) is 91.1 cm³/mol. The zero-order valence-corrected chi connectivity index (χ0v) is 14.0. The van der Waals surface area contributed by atoms with Crippen molar-refractivity contribution in [3.05, 3.63) is 23.8 Å². The summed E-state index contributed by atoms with van der Waals surface area (Å²) in [5.74, 6) is 1.57. The molecule has 118 valence electrons. The highest BCUT2D eigenvalue weighted by Gasteiger charge is 2.06. The lowest BCUT2D eigenvalue weighted by Gasteiger charge is -2.14. The minimum atomic E-state index is 0.619. The van der Waals surface area contributed by atoms with Crippen molar-refractivity contribution in [2.45, 2.75) is 40.2 Å². The Morgan fingerprint density at radius 2 is 1.76 bits per heavy atom. The van der Waals surface area contributed by atoms with Gasteiger partial charge < -0.3 is 20.1 Å². The van der Waals surface area contributed by atoms with Gasteiger partial charge in [-0.1, -0.05) is 19.4 Å². The molecule has 0 unspecified atom stereocenters. The average molecular weight is 310 g/mol. The molecule has 4 nitrogen and oxygen atoms in total. The summed E-state index contributed by atoms with van der Waals surface area (Å²) in [5, 5.41) is 7.08. The van der Waals surface area contributed by atoms with Crippen LogP contribution in [0.4, 0.5) is 0 Å². The van der Waals surface area contributed by atoms with Gasteiger partial charge in [-0.25, -0.2) is 0 Å². The molecule has 0 aromatic heterocycles. The Hall–Kier alpha value is -1.49. The Labute approximate surface area is 133 Å². The first-order chi connectivity index (χ1) is 10.2. The molecule has 0 saturated heterocycles. The molecule has 0 radical (unpaired) electrons. The van der Waals surface area contributed by atoms with Gasteiger partial charge in [-0.3, -0.25) is 0 Å². The summed E-state index contributed by atoms with van der Waals surface area (Å²) in [6, 6.07) is 5.96. The zero-order valence-electron chi connectivity index (χ0n) is 13.2. The number of benzene rings is 1. The summed E-state index contributed by atoms with van der Waals surface area (Å²) in [4.78, 5) is 0. The topological polar surface area (TPSA) is 42.5 Å². The summed E-state index contributed by atoms with van der Waals surface area (Å²) >= 11 is 5.24. The fourth-order valence-electron chi connectivity index (χ4n) is 1.83. The SMILES string of the molecule is CCCCNC(=S)NCc1ccc(OCC)c(OCC)c1. The van der Waals surface area contributed by atoms with Crippen LogP contribution in [0.1, 0.15) is 39.2 Å². The van der Waals surface area contributed by atoms with Gasteiger partial charge in [0.25, 0.3) is 0 Å². The summed E-state index contributed by atoms with van der Waals surface area (Å²) in [6.45, 7) is 8.92. The van der Waals surface area contributed by atoms with E-state index >= 15 is 0 Å². The van der Waals surface area contributed by atoms with Crippen LogP contribution < -0.4 is 20.1 Å². The molecule has 0 spiro atoms. The first-order valence-electron chi connectivity index (χ1n) is 7.61. The highest BCUT2D eigenvalue weighted by Crippen LogP contribution is 2.28. The molecule has 1 aromatic carbocycles. The second-order valence-corrected chi connectivity index (χ2v) is 5.02. The molecule has 0 saturated carbocycles. The second-order valence-electron chi connectivity index (χ2n) is 4.61. The van der Waals surface area contributed by atoms with Crippen LogP contribution in [0.25, 0.3) is 0 Å². The van der Waals surface area contributed by atoms with Crippen LogP contribution in [-0.2, 0) is 6.54 Å². The first kappa shape index (κ1) is 17.6. The van der Waals surface area contributed by atoms with E-state index in [-0.39, 0.29) is 0 Å². The monoisotopic (exact) mass is 310 g/mol. The van der Waals surface area contributed by atoms with Gasteiger partial charge in [-0.2, -0.15) is 0 Å². The lowest BCUT2D eigenvalue weighted by atomic mass is 10.2. The van der Waals surface area contributed by atoms with Crippen molar-refractivity contribution in [1.82, 2.24) is 10.6 Å². The van der Waals surface area contributed by atoms with E-state index in [1.807, 2.05) is 32.0 Å². The summed E-state index contributed by atoms with van der Waals surface area (Å²) in [6.07, 6.45) is 2.28. The molecule has 21 heavy (non-hydrogen) atoms. The van der Waals surface area contributed by atoms with E-state index in [1.165, 1.54) is 0 Å². The molecule has 0 aliphatic heterocycles. The van der Waals surface area contributed by atoms with Crippen LogP contribution in [0.15, 0.2) is 18.2 Å². The van der Waals surface area contributed by atoms with E-state index in [9.17, 15) is 0 Å². The molecule has 0 aliphatic rings. The Morgan fingerprint density at radius 3 is 2.43 bits per heavy atom. The lowest BCUT2D eigenvalue weighted by molar-refractivity contribution is 0.287. The van der Waals surface area contributed by atoms with Crippen LogP contribution in [0.2, 0.25) is 0 Å². The Balaban J connectivity index is 2.54. The molecular formula is C16H26N2O2S. The highest BCUT2D eigenvalue weighted by molar-refractivity contribution is 7.80. The van der Waals surface area contributed by atoms with Crippen molar-refractivity contribution in [2.24, 2.45) is 0 Å². The van der Waals surface area contributed by atoms with Crippen LogP contribution in [0.3, 0.4) is 0 Å². The minimum absolute atomic E-state index is 0.619. The van der Waals surface area contributed by atoms with Gasteiger partial charge >= 0.3 is 0 Å². The number of ether oxygens (including phenoxy) is 2. The van der Waals surface area contributed by atoms with Crippen molar-refractivity contribution in [3.8, 4) is 11.5 Å². The maximum atomic E-state index is 5.62. The number of nitrogens with one attached hydrogen (secondary N) is 2. The molecular weight excluding hydrogens is 284 g/mol. The van der Waals surface area contributed by atoms with Gasteiger partial charge in [0.05, 0.1) is 13.2 Å². The Morgan fingerprint density at radius 1 is 1.05 bits per heavy atom. The van der Waals surface area contributed by atoms with Gasteiger partial charge in [0.1, 0.15) is 0 Å². The number of hydrogen-bond donors (Lipinski definition) is 2. The van der Waals surface area contributed by atoms with Crippen LogP contribution in [0.5, 0.6) is 11.5 Å². The standard InChI is InChI=1S/C16H26N2O2S/c1-4-7-10-17-16(21)18-12-13-8-9-14(19-5-2)15(11-13)20-6-3/h8-9,11H,4-7,10,12H2,1-3H3,(H2,17,18,21). The van der Waals surface area contributed by atoms with E-state index in [0.717, 1.165) is 36.4 Å². The van der Waals surface area contributed by atoms with Crippen molar-refractivity contribution >= 4 is 17.3 Å². The second kappa shape index (κ2) is 10.3. The fraction of sp³-hybridized carbons (Fsp3) is 0.562. The molecule has 0 aliphatic carbocycles. The minimum Gasteiger partial charge on any atom is -0.490 e. The van der Waals surface area contributed by atoms with Crippen molar-refractivity contribution in [3.63, 3.8) is 0 Å². The van der Waals surface area contributed by atoms with Gasteiger partial charge in [0.2, 0.25) is 0 Å². The van der Waals surface area contributed by atoms with Crippen molar-refractivity contribution in [1.29, 1.82) is 0 Å². The molecule has 0 fully saturated rings. The van der Waals surface area contributed by atoms with Crippen molar-refractivity contribution < 1.29 is 9.47 Å². The molecule has 0 bridgehead atoms. The molecule has 0 amide bonds. The van der Waals surface area contributed by atoms with E-state index in [0.29, 0.717) is 24.9 Å². The number of rotatable bonds is 9. The summed E-state index contributed by atoms with van der Waals surface area (Å²) in [7, 11) is 0. The average Bonchev–Trinajstić information content (AvgIpc) is 2.48. The third-order valence-electron chi connectivity index (χ3n) is 2.88. The Bertz CT molecular complexity index is 438. The van der Waals surface area contributed by atoms with Crippen molar-refractivity contribution in [2.75, 3.05) is 19.8 Å². The molecule has 1 aromatic rings. The van der Waals surface area contributed by atoms with E-state index in [2.05, 4.69) is 17.6 Å². The lowest BCUT2D eigenvalue weighted by Crippen LogP contribution is -2.35. The number of thiocarbonyl (C=S) groups is 1. The van der Waals surface area contributed by atoms with Crippen LogP contribution in [-0.4, -0.2) is 24.9 Å². The van der Waals surface area contributed by atoms with Gasteiger partial charge in [-0.15, -0.1) is 0 Å². The third kappa shape index (κ3) is 6.67. The first-order valence-corrected chi connectivity index (χ1v) is 8.02. The normalized spacial score (nSPS) is 10.0. The number of hydrogen-bond acceptors (Lipinski definition) is 3. The smallest absolute Gasteiger partial charge is 0.166 e. The maximum Gasteiger partial charge on any atom is 0.166 e.